The van der Waals surface area contributed by atoms with Gasteiger partial charge in [-0.2, -0.15) is 0 Å². The zero-order chi connectivity index (χ0) is 16.9. The molecule has 0 radical (unpaired) electrons. The average Bonchev–Trinajstić information content (AvgIpc) is 2.36. The summed E-state index contributed by atoms with van der Waals surface area (Å²) in [6.07, 6.45) is 2.48. The minimum atomic E-state index is -1.14. The summed E-state index contributed by atoms with van der Waals surface area (Å²) in [6.45, 7) is 9.07. The van der Waals surface area contributed by atoms with Crippen molar-refractivity contribution < 1.29 is 19.4 Å². The Bertz CT molecular complexity index is 521. The highest BCUT2D eigenvalue weighted by molar-refractivity contribution is 5.80. The van der Waals surface area contributed by atoms with Crippen molar-refractivity contribution in [2.75, 3.05) is 0 Å². The van der Waals surface area contributed by atoms with E-state index in [1.54, 1.807) is 33.2 Å². The summed E-state index contributed by atoms with van der Waals surface area (Å²) in [5, 5.41) is 11.6. The third kappa shape index (κ3) is 6.07. The highest BCUT2D eigenvalue weighted by Gasteiger charge is 2.24. The second-order valence-corrected chi connectivity index (χ2v) is 6.35. The Balaban J connectivity index is 2.72. The number of nitrogens with zero attached hydrogens (tertiary/aromatic N) is 2. The molecule has 1 amide bonds. The van der Waals surface area contributed by atoms with Crippen LogP contribution in [0.4, 0.5) is 4.79 Å². The zero-order valence-electron chi connectivity index (χ0n) is 13.6. The van der Waals surface area contributed by atoms with E-state index >= 15 is 0 Å². The Morgan fingerprint density at radius 2 is 1.82 bits per heavy atom. The molecule has 22 heavy (non-hydrogen) atoms. The number of rotatable bonds is 5. The predicted octanol–water partition coefficient (Wildman–Crippen LogP) is 2.12. The Morgan fingerprint density at radius 1 is 1.27 bits per heavy atom. The highest BCUT2D eigenvalue weighted by Crippen LogP contribution is 2.10. The largest absolute Gasteiger partial charge is 0.480 e. The van der Waals surface area contributed by atoms with Crippen molar-refractivity contribution in [3.05, 3.63) is 23.8 Å². The van der Waals surface area contributed by atoms with Crippen LogP contribution in [-0.4, -0.2) is 38.8 Å². The van der Waals surface area contributed by atoms with Crippen LogP contribution in [0.3, 0.4) is 0 Å². The predicted molar refractivity (Wildman–Crippen MR) is 80.6 cm³/mol. The van der Waals surface area contributed by atoms with Gasteiger partial charge in [0.05, 0.1) is 0 Å². The van der Waals surface area contributed by atoms with E-state index in [2.05, 4.69) is 15.3 Å². The van der Waals surface area contributed by atoms with E-state index in [9.17, 15) is 14.7 Å². The Morgan fingerprint density at radius 3 is 2.23 bits per heavy atom. The van der Waals surface area contributed by atoms with Gasteiger partial charge in [0, 0.05) is 24.7 Å². The molecule has 122 valence electrons. The number of nitrogens with one attached hydrogen (secondary N) is 1. The molecular weight excluding hydrogens is 286 g/mol. The third-order valence-electron chi connectivity index (χ3n) is 2.67. The van der Waals surface area contributed by atoms with Crippen molar-refractivity contribution >= 4 is 12.1 Å². The maximum atomic E-state index is 11.7. The van der Waals surface area contributed by atoms with E-state index in [-0.39, 0.29) is 12.3 Å². The second kappa shape index (κ2) is 7.20. The maximum Gasteiger partial charge on any atom is 0.408 e. The van der Waals surface area contributed by atoms with Crippen LogP contribution in [0.1, 0.15) is 51.9 Å². The van der Waals surface area contributed by atoms with Gasteiger partial charge in [0.25, 0.3) is 0 Å². The van der Waals surface area contributed by atoms with Gasteiger partial charge >= 0.3 is 12.1 Å². The molecule has 0 saturated heterocycles. The first-order valence-corrected chi connectivity index (χ1v) is 7.11. The molecule has 0 bridgehead atoms. The van der Waals surface area contributed by atoms with Gasteiger partial charge < -0.3 is 15.2 Å². The lowest BCUT2D eigenvalue weighted by Gasteiger charge is -2.22. The number of carbonyl (C=O) groups is 2. The first kappa shape index (κ1) is 17.9. The van der Waals surface area contributed by atoms with Crippen LogP contribution in [0.5, 0.6) is 0 Å². The topological polar surface area (TPSA) is 101 Å². The van der Waals surface area contributed by atoms with Crippen molar-refractivity contribution in [2.24, 2.45) is 0 Å². The molecule has 0 saturated carbocycles. The fraction of sp³-hybridized carbons (Fsp3) is 0.600. The van der Waals surface area contributed by atoms with E-state index in [0.717, 1.165) is 0 Å². The molecule has 7 heteroatoms. The van der Waals surface area contributed by atoms with E-state index in [1.807, 2.05) is 13.8 Å². The molecule has 2 N–H and O–H groups in total. The minimum absolute atomic E-state index is 0.0902. The molecule has 1 heterocycles. The molecule has 1 aromatic heterocycles. The Labute approximate surface area is 130 Å². The van der Waals surface area contributed by atoms with Crippen LogP contribution >= 0.6 is 0 Å². The minimum Gasteiger partial charge on any atom is -0.480 e. The number of aromatic nitrogens is 2. The van der Waals surface area contributed by atoms with E-state index in [4.69, 9.17) is 4.74 Å². The lowest BCUT2D eigenvalue weighted by Crippen LogP contribution is -2.44. The number of amides is 1. The van der Waals surface area contributed by atoms with E-state index < -0.39 is 23.7 Å². The summed E-state index contributed by atoms with van der Waals surface area (Å²) in [5.74, 6) is -0.251. The van der Waals surface area contributed by atoms with Crippen molar-refractivity contribution in [3.8, 4) is 0 Å². The van der Waals surface area contributed by atoms with Gasteiger partial charge in [-0.25, -0.2) is 19.6 Å². The number of hydrogen-bond donors (Lipinski definition) is 2. The van der Waals surface area contributed by atoms with E-state index in [0.29, 0.717) is 11.4 Å². The molecule has 0 aromatic carbocycles. The van der Waals surface area contributed by atoms with Gasteiger partial charge in [-0.05, 0) is 26.3 Å². The number of carboxylic acid groups (broad SMARTS) is 1. The quantitative estimate of drug-likeness (QED) is 0.864. The lowest BCUT2D eigenvalue weighted by atomic mass is 10.1. The van der Waals surface area contributed by atoms with Gasteiger partial charge in [-0.3, -0.25) is 0 Å². The molecule has 1 aromatic rings. The van der Waals surface area contributed by atoms with Crippen molar-refractivity contribution in [2.45, 2.75) is 58.6 Å². The Kier molecular flexibility index (Phi) is 5.84. The van der Waals surface area contributed by atoms with Gasteiger partial charge in [0.1, 0.15) is 17.5 Å². The summed E-state index contributed by atoms with van der Waals surface area (Å²) < 4.78 is 5.06. The number of alkyl carbamates (subject to hydrolysis) is 1. The van der Waals surface area contributed by atoms with Crippen molar-refractivity contribution in [3.63, 3.8) is 0 Å². The fourth-order valence-corrected chi connectivity index (χ4v) is 1.65. The monoisotopic (exact) mass is 309 g/mol. The number of hydrogen-bond acceptors (Lipinski definition) is 5. The summed E-state index contributed by atoms with van der Waals surface area (Å²) in [7, 11) is 0. The summed E-state index contributed by atoms with van der Waals surface area (Å²) in [5.41, 5.74) is -0.0531. The summed E-state index contributed by atoms with van der Waals surface area (Å²) in [6, 6.07) is -1.09. The molecule has 0 aliphatic carbocycles. The summed E-state index contributed by atoms with van der Waals surface area (Å²) in [4.78, 5) is 31.3. The molecule has 1 rings (SSSR count). The first-order valence-electron chi connectivity index (χ1n) is 7.11. The van der Waals surface area contributed by atoms with Gasteiger partial charge in [-0.1, -0.05) is 13.8 Å². The van der Waals surface area contributed by atoms with Crippen LogP contribution in [0.2, 0.25) is 0 Å². The highest BCUT2D eigenvalue weighted by atomic mass is 16.6. The number of carboxylic acids is 1. The third-order valence-corrected chi connectivity index (χ3v) is 2.67. The molecule has 0 fully saturated rings. The number of aliphatic carboxylic acids is 1. The van der Waals surface area contributed by atoms with Crippen LogP contribution in [0.25, 0.3) is 0 Å². The molecule has 1 unspecified atom stereocenters. The SMILES string of the molecule is CC(C)c1ncc(CC(NC(=O)OC(C)(C)C)C(=O)O)cn1. The van der Waals surface area contributed by atoms with Crippen LogP contribution in [0.15, 0.2) is 12.4 Å². The average molecular weight is 309 g/mol. The van der Waals surface area contributed by atoms with Crippen LogP contribution in [-0.2, 0) is 16.0 Å². The van der Waals surface area contributed by atoms with Crippen molar-refractivity contribution in [1.82, 2.24) is 15.3 Å². The molecule has 0 spiro atoms. The maximum absolute atomic E-state index is 11.7. The molecule has 1 atom stereocenters. The zero-order valence-corrected chi connectivity index (χ0v) is 13.6. The van der Waals surface area contributed by atoms with Gasteiger partial charge in [0.15, 0.2) is 0 Å². The number of carbonyl (C=O) groups excluding carboxylic acids is 1. The molecule has 0 aliphatic heterocycles. The normalized spacial score (nSPS) is 12.8. The second-order valence-electron chi connectivity index (χ2n) is 6.35. The lowest BCUT2D eigenvalue weighted by molar-refractivity contribution is -0.139. The molecule has 7 nitrogen and oxygen atoms in total. The smallest absolute Gasteiger partial charge is 0.408 e. The van der Waals surface area contributed by atoms with Crippen molar-refractivity contribution in [1.29, 1.82) is 0 Å². The number of ether oxygens (including phenoxy) is 1. The molecule has 0 aliphatic rings. The summed E-state index contributed by atoms with van der Waals surface area (Å²) >= 11 is 0. The van der Waals surface area contributed by atoms with Gasteiger partial charge in [0.2, 0.25) is 0 Å². The standard InChI is InChI=1S/C15H23N3O4/c1-9(2)12-16-7-10(8-17-12)6-11(13(19)20)18-14(21)22-15(3,4)5/h7-9,11H,6H2,1-5H3,(H,18,21)(H,19,20). The van der Waals surface area contributed by atoms with Gasteiger partial charge in [-0.15, -0.1) is 0 Å². The first-order chi connectivity index (χ1) is 10.1. The fourth-order valence-electron chi connectivity index (χ4n) is 1.65. The Hall–Kier alpha value is -2.18. The van der Waals surface area contributed by atoms with E-state index in [1.165, 1.54) is 0 Å². The van der Waals surface area contributed by atoms with Crippen LogP contribution in [0, 0.1) is 0 Å². The molecular formula is C15H23N3O4. The van der Waals surface area contributed by atoms with Crippen LogP contribution < -0.4 is 5.32 Å².